The van der Waals surface area contributed by atoms with Gasteiger partial charge in [0.2, 0.25) is 5.91 Å². The van der Waals surface area contributed by atoms with Crippen LogP contribution in [0.2, 0.25) is 0 Å². The third kappa shape index (κ3) is 8.78. The average Bonchev–Trinajstić information content (AvgIpc) is 2.37. The van der Waals surface area contributed by atoms with Crippen LogP contribution in [-0.4, -0.2) is 24.5 Å². The van der Waals surface area contributed by atoms with Crippen molar-refractivity contribution in [1.82, 2.24) is 5.32 Å². The minimum atomic E-state index is 0. The molecule has 0 fully saturated rings. The van der Waals surface area contributed by atoms with Gasteiger partial charge in [0.05, 0.1) is 0 Å². The Hall–Kier alpha value is -0.870. The quantitative estimate of drug-likeness (QED) is 0.573. The minimum absolute atomic E-state index is 0. The number of hydrogen-bond acceptors (Lipinski definition) is 3. The fourth-order valence-electron chi connectivity index (χ4n) is 1.65. The summed E-state index contributed by atoms with van der Waals surface area (Å²) in [7, 11) is 0. The highest BCUT2D eigenvalue weighted by Gasteiger charge is 2.00. The van der Waals surface area contributed by atoms with E-state index in [4.69, 9.17) is 5.73 Å². The van der Waals surface area contributed by atoms with Crippen molar-refractivity contribution in [1.29, 1.82) is 0 Å². The summed E-state index contributed by atoms with van der Waals surface area (Å²) in [5.74, 6) is 1.30. The zero-order chi connectivity index (χ0) is 13.2. The number of anilines is 1. The molecule has 0 atom stereocenters. The Balaban J connectivity index is 0.00000324. The van der Waals surface area contributed by atoms with Gasteiger partial charge in [-0.05, 0) is 49.0 Å². The van der Waals surface area contributed by atoms with E-state index in [-0.39, 0.29) is 18.3 Å². The summed E-state index contributed by atoms with van der Waals surface area (Å²) in [4.78, 5) is 11.5. The summed E-state index contributed by atoms with van der Waals surface area (Å²) in [5.41, 5.74) is 7.59. The maximum atomic E-state index is 11.5. The molecule has 0 bridgehead atoms. The van der Waals surface area contributed by atoms with Gasteiger partial charge in [0.15, 0.2) is 0 Å². The smallest absolute Gasteiger partial charge is 0.220 e. The average molecular weight is 303 g/mol. The molecule has 0 heterocycles. The monoisotopic (exact) mass is 302 g/mol. The number of halogens is 1. The van der Waals surface area contributed by atoms with E-state index in [2.05, 4.69) is 11.6 Å². The van der Waals surface area contributed by atoms with Gasteiger partial charge < -0.3 is 11.1 Å². The standard InChI is InChI=1S/C14H22N2OS.ClH/c1-18-11-3-2-4-14(17)16-10-9-12-5-7-13(15)8-6-12;/h5-8H,2-4,9-11,15H2,1H3,(H,16,17);1H. The second-order valence-electron chi connectivity index (χ2n) is 4.29. The molecule has 0 saturated heterocycles. The maximum absolute atomic E-state index is 11.5. The molecule has 1 aromatic carbocycles. The van der Waals surface area contributed by atoms with Crippen molar-refractivity contribution in [3.05, 3.63) is 29.8 Å². The number of benzene rings is 1. The summed E-state index contributed by atoms with van der Waals surface area (Å²) >= 11 is 1.83. The van der Waals surface area contributed by atoms with Crippen LogP contribution in [0.5, 0.6) is 0 Å². The molecule has 3 nitrogen and oxygen atoms in total. The number of nitrogens with two attached hydrogens (primary N) is 1. The first-order valence-corrected chi connectivity index (χ1v) is 7.72. The van der Waals surface area contributed by atoms with Gasteiger partial charge in [-0.2, -0.15) is 11.8 Å². The zero-order valence-corrected chi connectivity index (χ0v) is 13.0. The van der Waals surface area contributed by atoms with Crippen LogP contribution in [-0.2, 0) is 11.2 Å². The highest BCUT2D eigenvalue weighted by molar-refractivity contribution is 7.98. The molecule has 0 saturated carbocycles. The van der Waals surface area contributed by atoms with Crippen molar-refractivity contribution in [3.63, 3.8) is 0 Å². The van der Waals surface area contributed by atoms with E-state index in [0.29, 0.717) is 13.0 Å². The van der Waals surface area contributed by atoms with Crippen LogP contribution in [0.25, 0.3) is 0 Å². The maximum Gasteiger partial charge on any atom is 0.220 e. The van der Waals surface area contributed by atoms with Crippen LogP contribution in [0.4, 0.5) is 5.69 Å². The van der Waals surface area contributed by atoms with Crippen molar-refractivity contribution in [2.45, 2.75) is 25.7 Å². The number of hydrogen-bond donors (Lipinski definition) is 2. The van der Waals surface area contributed by atoms with Gasteiger partial charge in [0.1, 0.15) is 0 Å². The van der Waals surface area contributed by atoms with E-state index in [0.717, 1.165) is 30.7 Å². The highest BCUT2D eigenvalue weighted by atomic mass is 35.5. The van der Waals surface area contributed by atoms with Crippen LogP contribution in [0.3, 0.4) is 0 Å². The fraction of sp³-hybridized carbons (Fsp3) is 0.500. The third-order valence-electron chi connectivity index (χ3n) is 2.72. The third-order valence-corrected chi connectivity index (χ3v) is 3.41. The summed E-state index contributed by atoms with van der Waals surface area (Å²) in [6.45, 7) is 0.700. The molecule has 0 aromatic heterocycles. The second kappa shape index (κ2) is 11.0. The number of thioether (sulfide) groups is 1. The van der Waals surface area contributed by atoms with E-state index in [9.17, 15) is 4.79 Å². The van der Waals surface area contributed by atoms with E-state index in [1.165, 1.54) is 5.56 Å². The van der Waals surface area contributed by atoms with E-state index >= 15 is 0 Å². The van der Waals surface area contributed by atoms with Crippen molar-refractivity contribution in [2.24, 2.45) is 0 Å². The van der Waals surface area contributed by atoms with Crippen molar-refractivity contribution >= 4 is 35.8 Å². The van der Waals surface area contributed by atoms with Crippen molar-refractivity contribution in [3.8, 4) is 0 Å². The van der Waals surface area contributed by atoms with Gasteiger partial charge in [0.25, 0.3) is 0 Å². The summed E-state index contributed by atoms with van der Waals surface area (Å²) in [5, 5.41) is 2.95. The van der Waals surface area contributed by atoms with Gasteiger partial charge in [-0.15, -0.1) is 12.4 Å². The summed E-state index contributed by atoms with van der Waals surface area (Å²) in [6.07, 6.45) is 5.69. The Morgan fingerprint density at radius 2 is 1.95 bits per heavy atom. The summed E-state index contributed by atoms with van der Waals surface area (Å²) < 4.78 is 0. The van der Waals surface area contributed by atoms with Crippen LogP contribution in [0, 0.1) is 0 Å². The molecule has 0 aliphatic rings. The molecule has 1 aromatic rings. The zero-order valence-electron chi connectivity index (χ0n) is 11.4. The van der Waals surface area contributed by atoms with E-state index < -0.39 is 0 Å². The molecule has 1 rings (SSSR count). The number of nitrogen functional groups attached to an aromatic ring is 1. The molecule has 0 spiro atoms. The minimum Gasteiger partial charge on any atom is -0.399 e. The number of nitrogens with one attached hydrogen (secondary N) is 1. The van der Waals surface area contributed by atoms with Crippen LogP contribution < -0.4 is 11.1 Å². The Morgan fingerprint density at radius 1 is 1.26 bits per heavy atom. The first-order valence-electron chi connectivity index (χ1n) is 6.32. The Labute approximate surface area is 126 Å². The number of unbranched alkanes of at least 4 members (excludes halogenated alkanes) is 1. The molecule has 1 amide bonds. The topological polar surface area (TPSA) is 55.1 Å². The Kier molecular flexibility index (Phi) is 10.5. The van der Waals surface area contributed by atoms with Gasteiger partial charge in [-0.3, -0.25) is 4.79 Å². The van der Waals surface area contributed by atoms with Gasteiger partial charge in [-0.1, -0.05) is 12.1 Å². The van der Waals surface area contributed by atoms with Crippen molar-refractivity contribution in [2.75, 3.05) is 24.3 Å². The lowest BCUT2D eigenvalue weighted by Gasteiger charge is -2.05. The van der Waals surface area contributed by atoms with Crippen LogP contribution in [0.1, 0.15) is 24.8 Å². The lowest BCUT2D eigenvalue weighted by molar-refractivity contribution is -0.121. The molecule has 0 aliphatic heterocycles. The van der Waals surface area contributed by atoms with Crippen LogP contribution in [0.15, 0.2) is 24.3 Å². The molecule has 5 heteroatoms. The largest absolute Gasteiger partial charge is 0.399 e. The normalized spacial score (nSPS) is 9.74. The molecule has 0 radical (unpaired) electrons. The first-order chi connectivity index (χ1) is 8.72. The molecule has 0 aliphatic carbocycles. The number of amides is 1. The Bertz CT molecular complexity index is 357. The molecule has 3 N–H and O–H groups in total. The molecule has 108 valence electrons. The predicted molar refractivity (Wildman–Crippen MR) is 87.0 cm³/mol. The van der Waals surface area contributed by atoms with Crippen LogP contribution >= 0.6 is 24.2 Å². The van der Waals surface area contributed by atoms with Crippen molar-refractivity contribution < 1.29 is 4.79 Å². The SMILES string of the molecule is CSCCCCC(=O)NCCc1ccc(N)cc1.Cl. The van der Waals surface area contributed by atoms with Gasteiger partial charge >= 0.3 is 0 Å². The summed E-state index contributed by atoms with van der Waals surface area (Å²) in [6, 6.07) is 7.78. The number of carbonyl (C=O) groups excluding carboxylic acids is 1. The lowest BCUT2D eigenvalue weighted by atomic mass is 10.1. The second-order valence-corrected chi connectivity index (χ2v) is 5.28. The molecule has 19 heavy (non-hydrogen) atoms. The molecule has 0 unspecified atom stereocenters. The Morgan fingerprint density at radius 3 is 2.58 bits per heavy atom. The molecular formula is C14H23ClN2OS. The first kappa shape index (κ1) is 18.1. The lowest BCUT2D eigenvalue weighted by Crippen LogP contribution is -2.25. The van der Waals surface area contributed by atoms with Gasteiger partial charge in [-0.25, -0.2) is 0 Å². The van der Waals surface area contributed by atoms with Gasteiger partial charge in [0, 0.05) is 18.7 Å². The fourth-order valence-corrected chi connectivity index (χ4v) is 2.14. The number of rotatable bonds is 8. The molecular weight excluding hydrogens is 280 g/mol. The van der Waals surface area contributed by atoms with E-state index in [1.807, 2.05) is 36.0 Å². The predicted octanol–water partition coefficient (Wildman–Crippen LogP) is 2.88. The highest BCUT2D eigenvalue weighted by Crippen LogP contribution is 2.05. The van der Waals surface area contributed by atoms with E-state index in [1.54, 1.807) is 0 Å². The number of carbonyl (C=O) groups is 1.